The predicted octanol–water partition coefficient (Wildman–Crippen LogP) is 2.96. The second kappa shape index (κ2) is 8.02. The van der Waals surface area contributed by atoms with Gasteiger partial charge in [0.1, 0.15) is 0 Å². The van der Waals surface area contributed by atoms with Crippen LogP contribution in [-0.4, -0.2) is 42.1 Å². The van der Waals surface area contributed by atoms with Crippen molar-refractivity contribution in [2.45, 2.75) is 21.7 Å². The maximum absolute atomic E-state index is 12.8. The number of nitrogens with zero attached hydrogens (tertiary/aromatic N) is 1. The first-order chi connectivity index (χ1) is 12.8. The molecular weight excluding hydrogens is 419 g/mol. The number of hydrogen-bond acceptors (Lipinski definition) is 4. The largest absolute Gasteiger partial charge is 0.478 e. The Kier molecular flexibility index (Phi) is 6.31. The smallest absolute Gasteiger partial charge is 0.416 e. The van der Waals surface area contributed by atoms with E-state index in [0.29, 0.717) is 0 Å². The molecule has 0 saturated heterocycles. The normalized spacial score (nSPS) is 13.5. The van der Waals surface area contributed by atoms with Crippen LogP contribution in [0.5, 0.6) is 0 Å². The lowest BCUT2D eigenvalue weighted by molar-refractivity contribution is -0.137. The minimum absolute atomic E-state index is 0.106. The van der Waals surface area contributed by atoms with Crippen molar-refractivity contribution >= 4 is 26.8 Å². The van der Waals surface area contributed by atoms with Crippen LogP contribution in [0.4, 0.5) is 13.2 Å². The third-order valence-electron chi connectivity index (χ3n) is 3.76. The zero-order valence-corrected chi connectivity index (χ0v) is 16.4. The van der Waals surface area contributed by atoms with E-state index in [2.05, 4.69) is 0 Å². The van der Waals surface area contributed by atoms with Crippen LogP contribution in [0.15, 0.2) is 52.3 Å². The summed E-state index contributed by atoms with van der Waals surface area (Å²) < 4.78 is 76.2. The molecule has 0 aliphatic heterocycles. The van der Waals surface area contributed by atoms with Gasteiger partial charge in [0.15, 0.2) is 0 Å². The number of carboxylic acid groups (broad SMARTS) is 1. The Labute approximate surface area is 162 Å². The summed E-state index contributed by atoms with van der Waals surface area (Å²) >= 11 is 0. The van der Waals surface area contributed by atoms with Gasteiger partial charge in [-0.1, -0.05) is 18.2 Å². The number of alkyl halides is 3. The molecule has 0 amide bonds. The van der Waals surface area contributed by atoms with Crippen molar-refractivity contribution < 1.29 is 35.7 Å². The van der Waals surface area contributed by atoms with Crippen molar-refractivity contribution in [3.05, 3.63) is 59.2 Å². The van der Waals surface area contributed by atoms with E-state index in [1.807, 2.05) is 0 Å². The fourth-order valence-corrected chi connectivity index (χ4v) is 4.49. The standard InChI is InChI=1S/C17H16F3NO5S2/c1-21(2)28(25,26)13-6-7-15(14(9-13)16(22)23)27(24)10-11-4-3-5-12(8-11)17(18,19)20/h3-9H,10H2,1-2H3,(H,22,23). The summed E-state index contributed by atoms with van der Waals surface area (Å²) in [7, 11) is -3.37. The van der Waals surface area contributed by atoms with Gasteiger partial charge in [-0.25, -0.2) is 17.5 Å². The van der Waals surface area contributed by atoms with Crippen LogP contribution in [0.25, 0.3) is 0 Å². The first kappa shape index (κ1) is 22.1. The lowest BCUT2D eigenvalue weighted by Gasteiger charge is -2.14. The van der Waals surface area contributed by atoms with Crippen LogP contribution in [0.1, 0.15) is 21.5 Å². The summed E-state index contributed by atoms with van der Waals surface area (Å²) in [5, 5.41) is 9.37. The third kappa shape index (κ3) is 4.78. The third-order valence-corrected chi connectivity index (χ3v) is 7.01. The van der Waals surface area contributed by atoms with Gasteiger partial charge in [0.05, 0.1) is 37.5 Å². The monoisotopic (exact) mass is 435 g/mol. The zero-order chi connectivity index (χ0) is 21.3. The quantitative estimate of drug-likeness (QED) is 0.753. The van der Waals surface area contributed by atoms with Crippen LogP contribution in [-0.2, 0) is 32.8 Å². The molecule has 0 saturated carbocycles. The van der Waals surface area contributed by atoms with Crippen molar-refractivity contribution in [3.8, 4) is 0 Å². The van der Waals surface area contributed by atoms with E-state index >= 15 is 0 Å². The number of rotatable bonds is 6. The SMILES string of the molecule is CN(C)S(=O)(=O)c1ccc(S(=O)Cc2cccc(C(F)(F)F)c2)c(C(=O)O)c1. The molecule has 1 N–H and O–H groups in total. The lowest BCUT2D eigenvalue weighted by atomic mass is 10.1. The molecule has 0 heterocycles. The minimum Gasteiger partial charge on any atom is -0.478 e. The Morgan fingerprint density at radius 1 is 1.14 bits per heavy atom. The summed E-state index contributed by atoms with van der Waals surface area (Å²) in [6.45, 7) is 0. The van der Waals surface area contributed by atoms with Crippen molar-refractivity contribution in [1.82, 2.24) is 4.31 Å². The van der Waals surface area contributed by atoms with E-state index in [-0.39, 0.29) is 21.1 Å². The molecule has 2 aromatic carbocycles. The molecule has 1 atom stereocenters. The van der Waals surface area contributed by atoms with Crippen molar-refractivity contribution in [2.75, 3.05) is 14.1 Å². The summed E-state index contributed by atoms with van der Waals surface area (Å²) in [6, 6.07) is 7.32. The van der Waals surface area contributed by atoms with Gasteiger partial charge in [-0.05, 0) is 29.8 Å². The maximum atomic E-state index is 12.8. The Morgan fingerprint density at radius 2 is 1.79 bits per heavy atom. The van der Waals surface area contributed by atoms with E-state index < -0.39 is 44.1 Å². The Morgan fingerprint density at radius 3 is 2.32 bits per heavy atom. The van der Waals surface area contributed by atoms with Crippen molar-refractivity contribution in [1.29, 1.82) is 0 Å². The van der Waals surface area contributed by atoms with Crippen LogP contribution >= 0.6 is 0 Å². The van der Waals surface area contributed by atoms with E-state index in [4.69, 9.17) is 0 Å². The second-order valence-corrected chi connectivity index (χ2v) is 9.51. The fraction of sp³-hybridized carbons (Fsp3) is 0.235. The molecule has 6 nitrogen and oxygen atoms in total. The number of carbonyl (C=O) groups is 1. The van der Waals surface area contributed by atoms with Gasteiger partial charge in [0.25, 0.3) is 0 Å². The van der Waals surface area contributed by atoms with E-state index in [0.717, 1.165) is 34.6 Å². The zero-order valence-electron chi connectivity index (χ0n) is 14.7. The highest BCUT2D eigenvalue weighted by Gasteiger charge is 2.30. The predicted molar refractivity (Wildman–Crippen MR) is 95.8 cm³/mol. The van der Waals surface area contributed by atoms with Crippen LogP contribution in [0, 0.1) is 0 Å². The highest BCUT2D eigenvalue weighted by molar-refractivity contribution is 7.89. The Balaban J connectivity index is 2.42. The maximum Gasteiger partial charge on any atom is 0.416 e. The summed E-state index contributed by atoms with van der Waals surface area (Å²) in [6.07, 6.45) is -4.56. The molecule has 0 radical (unpaired) electrons. The van der Waals surface area contributed by atoms with Crippen molar-refractivity contribution in [2.24, 2.45) is 0 Å². The molecule has 2 rings (SSSR count). The van der Waals surface area contributed by atoms with E-state index in [1.54, 1.807) is 0 Å². The number of carboxylic acids is 1. The van der Waals surface area contributed by atoms with Gasteiger partial charge in [-0.2, -0.15) is 13.2 Å². The molecule has 0 aliphatic carbocycles. The molecular formula is C17H16F3NO5S2. The second-order valence-electron chi connectivity index (χ2n) is 5.94. The van der Waals surface area contributed by atoms with Crippen LogP contribution < -0.4 is 0 Å². The van der Waals surface area contributed by atoms with Gasteiger partial charge >= 0.3 is 12.1 Å². The molecule has 152 valence electrons. The number of sulfonamides is 1. The topological polar surface area (TPSA) is 91.8 Å². The first-order valence-electron chi connectivity index (χ1n) is 7.68. The summed E-state index contributed by atoms with van der Waals surface area (Å²) in [5.74, 6) is -1.85. The lowest BCUT2D eigenvalue weighted by Crippen LogP contribution is -2.22. The number of halogens is 3. The molecule has 0 aromatic heterocycles. The van der Waals surface area contributed by atoms with Gasteiger partial charge < -0.3 is 5.11 Å². The van der Waals surface area contributed by atoms with Gasteiger partial charge in [-0.15, -0.1) is 0 Å². The minimum atomic E-state index is -4.56. The van der Waals surface area contributed by atoms with Gasteiger partial charge in [0, 0.05) is 14.1 Å². The molecule has 0 bridgehead atoms. The number of benzene rings is 2. The molecule has 11 heteroatoms. The first-order valence-corrected chi connectivity index (χ1v) is 10.4. The number of hydrogen-bond donors (Lipinski definition) is 1. The van der Waals surface area contributed by atoms with Gasteiger partial charge in [-0.3, -0.25) is 4.21 Å². The van der Waals surface area contributed by atoms with Crippen LogP contribution in [0.3, 0.4) is 0 Å². The summed E-state index contributed by atoms with van der Waals surface area (Å²) in [5.41, 5.74) is -1.30. The molecule has 1 unspecified atom stereocenters. The molecule has 0 aliphatic rings. The van der Waals surface area contributed by atoms with E-state index in [1.165, 1.54) is 26.2 Å². The van der Waals surface area contributed by atoms with E-state index in [9.17, 15) is 35.7 Å². The van der Waals surface area contributed by atoms with Gasteiger partial charge in [0.2, 0.25) is 10.0 Å². The number of aromatic carboxylic acids is 1. The van der Waals surface area contributed by atoms with Crippen molar-refractivity contribution in [3.63, 3.8) is 0 Å². The average molecular weight is 435 g/mol. The fourth-order valence-electron chi connectivity index (χ4n) is 2.31. The molecule has 28 heavy (non-hydrogen) atoms. The summed E-state index contributed by atoms with van der Waals surface area (Å²) in [4.78, 5) is 11.0. The molecule has 0 spiro atoms. The molecule has 0 fully saturated rings. The Bertz CT molecular complexity index is 1030. The van der Waals surface area contributed by atoms with Crippen LogP contribution in [0.2, 0.25) is 0 Å². The highest BCUT2D eigenvalue weighted by atomic mass is 32.2. The average Bonchev–Trinajstić information content (AvgIpc) is 2.60. The Hall–Kier alpha value is -2.24. The highest BCUT2D eigenvalue weighted by Crippen LogP contribution is 2.30. The molecule has 2 aromatic rings.